The number of benzene rings is 1. The van der Waals surface area contributed by atoms with Crippen molar-refractivity contribution in [2.24, 2.45) is 0 Å². The maximum absolute atomic E-state index is 12.9. The number of anilines is 1. The van der Waals surface area contributed by atoms with Gasteiger partial charge in [-0.15, -0.1) is 0 Å². The van der Waals surface area contributed by atoms with Crippen LogP contribution in [0.4, 0.5) is 5.88 Å². The third-order valence-corrected chi connectivity index (χ3v) is 6.60. The lowest BCUT2D eigenvalue weighted by Gasteiger charge is -2.18. The van der Waals surface area contributed by atoms with Crippen LogP contribution in [-0.2, 0) is 11.2 Å². The number of oxazole rings is 1. The molecule has 2 fully saturated rings. The van der Waals surface area contributed by atoms with Crippen molar-refractivity contribution in [1.82, 2.24) is 9.88 Å². The van der Waals surface area contributed by atoms with Crippen molar-refractivity contribution in [3.05, 3.63) is 52.4 Å². The van der Waals surface area contributed by atoms with Crippen molar-refractivity contribution in [3.63, 3.8) is 0 Å². The van der Waals surface area contributed by atoms with E-state index in [0.29, 0.717) is 21.7 Å². The maximum Gasteiger partial charge on any atom is 0.266 e. The lowest BCUT2D eigenvalue weighted by Crippen LogP contribution is -2.30. The second kappa shape index (κ2) is 9.45. The molecule has 1 aromatic heterocycles. The number of hydrogen-bond donors (Lipinski definition) is 0. The fourth-order valence-corrected chi connectivity index (χ4v) is 4.91. The summed E-state index contributed by atoms with van der Waals surface area (Å²) >= 11 is 6.66. The second-order valence-electron chi connectivity index (χ2n) is 7.29. The minimum Gasteiger partial charge on any atom is -0.420 e. The van der Waals surface area contributed by atoms with Gasteiger partial charge in [-0.05, 0) is 24.8 Å². The number of carbonyl (C=O) groups excluding carboxylic acids is 1. The Labute approximate surface area is 185 Å². The Kier molecular flexibility index (Phi) is 6.50. The van der Waals surface area contributed by atoms with Crippen LogP contribution in [0.3, 0.4) is 0 Å². The molecule has 0 saturated carbocycles. The summed E-state index contributed by atoms with van der Waals surface area (Å²) < 4.78 is 6.43. The van der Waals surface area contributed by atoms with Crippen molar-refractivity contribution < 1.29 is 9.21 Å². The summed E-state index contributed by atoms with van der Waals surface area (Å²) in [6.07, 6.45) is 6.85. The molecule has 154 valence electrons. The van der Waals surface area contributed by atoms with Crippen LogP contribution in [0.1, 0.15) is 42.8 Å². The Balaban J connectivity index is 1.50. The SMILES string of the molecule is N#Cc1nc(/C=C2\SC(=S)N(CCc3ccccc3)C2=O)oc1N1CCCCCC1. The largest absolute Gasteiger partial charge is 0.420 e. The zero-order valence-electron chi connectivity index (χ0n) is 16.5. The summed E-state index contributed by atoms with van der Waals surface area (Å²) in [6.45, 7) is 2.23. The molecule has 0 unspecified atom stereocenters. The average Bonchev–Trinajstić information content (AvgIpc) is 3.14. The third kappa shape index (κ3) is 4.58. The first-order chi connectivity index (χ1) is 14.7. The third-order valence-electron chi connectivity index (χ3n) is 5.22. The van der Waals surface area contributed by atoms with E-state index in [2.05, 4.69) is 16.0 Å². The number of nitrogens with zero attached hydrogens (tertiary/aromatic N) is 4. The zero-order chi connectivity index (χ0) is 20.9. The molecule has 0 spiro atoms. The highest BCUT2D eigenvalue weighted by molar-refractivity contribution is 8.26. The highest BCUT2D eigenvalue weighted by Crippen LogP contribution is 2.34. The van der Waals surface area contributed by atoms with E-state index in [1.54, 1.807) is 11.0 Å². The summed E-state index contributed by atoms with van der Waals surface area (Å²) in [5, 5.41) is 9.49. The molecule has 1 amide bonds. The first-order valence-corrected chi connectivity index (χ1v) is 11.3. The number of nitriles is 1. The van der Waals surface area contributed by atoms with E-state index < -0.39 is 0 Å². The van der Waals surface area contributed by atoms with Crippen molar-refractivity contribution >= 4 is 46.2 Å². The summed E-state index contributed by atoms with van der Waals surface area (Å²) in [6, 6.07) is 12.1. The highest BCUT2D eigenvalue weighted by atomic mass is 32.2. The van der Waals surface area contributed by atoms with E-state index in [1.807, 2.05) is 30.3 Å². The Morgan fingerprint density at radius 1 is 1.20 bits per heavy atom. The van der Waals surface area contributed by atoms with Gasteiger partial charge in [0.15, 0.2) is 0 Å². The van der Waals surface area contributed by atoms with Gasteiger partial charge in [0, 0.05) is 25.7 Å². The molecule has 2 aliphatic rings. The fourth-order valence-electron chi connectivity index (χ4n) is 3.64. The Bertz CT molecular complexity index is 1000. The number of thiocarbonyl (C=S) groups is 1. The lowest BCUT2D eigenvalue weighted by molar-refractivity contribution is -0.122. The van der Waals surface area contributed by atoms with Crippen LogP contribution >= 0.6 is 24.0 Å². The Morgan fingerprint density at radius 3 is 2.63 bits per heavy atom. The van der Waals surface area contributed by atoms with Crippen LogP contribution in [0.25, 0.3) is 6.08 Å². The van der Waals surface area contributed by atoms with E-state index in [0.717, 1.165) is 37.9 Å². The van der Waals surface area contributed by atoms with Crippen LogP contribution in [0.2, 0.25) is 0 Å². The number of thioether (sulfide) groups is 1. The predicted molar refractivity (Wildman–Crippen MR) is 122 cm³/mol. The maximum atomic E-state index is 12.9. The molecule has 0 radical (unpaired) electrons. The highest BCUT2D eigenvalue weighted by Gasteiger charge is 2.32. The van der Waals surface area contributed by atoms with Gasteiger partial charge in [-0.25, -0.2) is 0 Å². The Morgan fingerprint density at radius 2 is 1.93 bits per heavy atom. The summed E-state index contributed by atoms with van der Waals surface area (Å²) in [5.41, 5.74) is 1.42. The summed E-state index contributed by atoms with van der Waals surface area (Å²) in [5.74, 6) is 0.633. The molecule has 0 atom stereocenters. The van der Waals surface area contributed by atoms with Gasteiger partial charge >= 0.3 is 0 Å². The van der Waals surface area contributed by atoms with Crippen LogP contribution in [0.15, 0.2) is 39.7 Å². The van der Waals surface area contributed by atoms with Gasteiger partial charge in [-0.1, -0.05) is 67.2 Å². The average molecular weight is 439 g/mol. The molecule has 2 saturated heterocycles. The van der Waals surface area contributed by atoms with Crippen LogP contribution in [-0.4, -0.2) is 39.7 Å². The molecule has 2 aromatic rings. The first-order valence-electron chi connectivity index (χ1n) is 10.1. The fraction of sp³-hybridized carbons (Fsp3) is 0.364. The van der Waals surface area contributed by atoms with Gasteiger partial charge in [0.05, 0.1) is 4.91 Å². The van der Waals surface area contributed by atoms with Crippen LogP contribution < -0.4 is 4.90 Å². The molecule has 4 rings (SSSR count). The number of carbonyl (C=O) groups is 1. The van der Waals surface area contributed by atoms with E-state index >= 15 is 0 Å². The zero-order valence-corrected chi connectivity index (χ0v) is 18.2. The van der Waals surface area contributed by atoms with Gasteiger partial charge in [0.25, 0.3) is 5.91 Å². The quantitative estimate of drug-likeness (QED) is 0.507. The van der Waals surface area contributed by atoms with Gasteiger partial charge in [-0.2, -0.15) is 10.2 Å². The van der Waals surface area contributed by atoms with Crippen molar-refractivity contribution in [3.8, 4) is 6.07 Å². The molecule has 6 nitrogen and oxygen atoms in total. The van der Waals surface area contributed by atoms with Gasteiger partial charge < -0.3 is 9.32 Å². The molecule has 3 heterocycles. The van der Waals surface area contributed by atoms with Gasteiger partial charge in [-0.3, -0.25) is 9.69 Å². The van der Waals surface area contributed by atoms with E-state index in [1.165, 1.54) is 24.6 Å². The van der Waals surface area contributed by atoms with E-state index in [4.69, 9.17) is 16.6 Å². The number of aromatic nitrogens is 1. The molecular weight excluding hydrogens is 416 g/mol. The molecule has 30 heavy (non-hydrogen) atoms. The van der Waals surface area contributed by atoms with Crippen LogP contribution in [0, 0.1) is 11.3 Å². The minimum atomic E-state index is -0.144. The molecule has 0 N–H and O–H groups in total. The van der Waals surface area contributed by atoms with Crippen molar-refractivity contribution in [2.45, 2.75) is 32.1 Å². The molecule has 8 heteroatoms. The van der Waals surface area contributed by atoms with Crippen LogP contribution in [0.5, 0.6) is 0 Å². The number of amides is 1. The molecule has 2 aliphatic heterocycles. The summed E-state index contributed by atoms with van der Waals surface area (Å²) in [7, 11) is 0. The topological polar surface area (TPSA) is 73.4 Å². The summed E-state index contributed by atoms with van der Waals surface area (Å²) in [4.78, 5) is 21.3. The van der Waals surface area contributed by atoms with Crippen molar-refractivity contribution in [1.29, 1.82) is 5.26 Å². The monoisotopic (exact) mass is 438 g/mol. The molecular formula is C22H22N4O2S2. The standard InChI is InChI=1S/C22H22N4O2S2/c23-15-17-21(25-11-6-1-2-7-12-25)28-19(24-17)14-18-20(27)26(22(29)30-18)13-10-16-8-4-3-5-9-16/h3-5,8-9,14H,1-2,6-7,10-13H2/b18-14-. The lowest BCUT2D eigenvalue weighted by atomic mass is 10.1. The minimum absolute atomic E-state index is 0.144. The molecule has 0 aliphatic carbocycles. The van der Waals surface area contributed by atoms with E-state index in [9.17, 15) is 10.1 Å². The second-order valence-corrected chi connectivity index (χ2v) is 8.96. The van der Waals surface area contributed by atoms with Gasteiger partial charge in [0.2, 0.25) is 17.5 Å². The van der Waals surface area contributed by atoms with E-state index in [-0.39, 0.29) is 17.5 Å². The molecule has 1 aromatic carbocycles. The van der Waals surface area contributed by atoms with Crippen molar-refractivity contribution in [2.75, 3.05) is 24.5 Å². The first kappa shape index (κ1) is 20.6. The molecule has 0 bridgehead atoms. The predicted octanol–water partition coefficient (Wildman–Crippen LogP) is 4.37. The Hall–Kier alpha value is -2.63. The smallest absolute Gasteiger partial charge is 0.266 e. The normalized spacial score (nSPS) is 18.7. The number of rotatable bonds is 5. The number of hydrogen-bond acceptors (Lipinski definition) is 7. The van der Waals surface area contributed by atoms with Gasteiger partial charge in [0.1, 0.15) is 10.4 Å².